The van der Waals surface area contributed by atoms with Crippen LogP contribution in [0, 0.1) is 6.92 Å². The molecule has 4 aromatic rings. The molecule has 162 valence electrons. The fraction of sp³-hybridized carbons (Fsp3) is 0.273. The van der Waals surface area contributed by atoms with Gasteiger partial charge in [-0.05, 0) is 42.5 Å². The minimum atomic E-state index is -0.230. The van der Waals surface area contributed by atoms with Crippen molar-refractivity contribution in [3.8, 4) is 17.1 Å². The van der Waals surface area contributed by atoms with Crippen molar-refractivity contribution in [1.82, 2.24) is 30.0 Å². The van der Waals surface area contributed by atoms with Crippen molar-refractivity contribution in [3.63, 3.8) is 0 Å². The Labute approximate surface area is 182 Å². The van der Waals surface area contributed by atoms with E-state index in [4.69, 9.17) is 9.26 Å². The molecule has 2 aromatic carbocycles. The molecule has 0 radical (unpaired) electrons. The average Bonchev–Trinajstić information content (AvgIpc) is 3.53. The molecule has 10 nitrogen and oxygen atoms in total. The molecular weight excluding hydrogens is 412 g/mol. The number of carbonyl (C=O) groups excluding carboxylic acids is 2. The molecule has 10 heteroatoms. The molecule has 1 aliphatic rings. The van der Waals surface area contributed by atoms with Crippen molar-refractivity contribution in [3.05, 3.63) is 53.9 Å². The highest BCUT2D eigenvalue weighted by Gasteiger charge is 2.28. The maximum Gasteiger partial charge on any atom is 0.254 e. The Kier molecular flexibility index (Phi) is 4.89. The monoisotopic (exact) mass is 432 g/mol. The third kappa shape index (κ3) is 3.70. The van der Waals surface area contributed by atoms with E-state index >= 15 is 0 Å². The van der Waals surface area contributed by atoms with Crippen molar-refractivity contribution >= 4 is 22.8 Å². The van der Waals surface area contributed by atoms with Gasteiger partial charge in [-0.25, -0.2) is 0 Å². The number of amides is 1. The molecule has 1 atom stereocenters. The second kappa shape index (κ2) is 7.88. The molecule has 2 aromatic heterocycles. The zero-order valence-corrected chi connectivity index (χ0v) is 17.6. The number of aromatic nitrogens is 5. The summed E-state index contributed by atoms with van der Waals surface area (Å²) in [6.45, 7) is 4.25. The molecule has 1 fully saturated rings. The van der Waals surface area contributed by atoms with Gasteiger partial charge in [0.2, 0.25) is 17.6 Å². The summed E-state index contributed by atoms with van der Waals surface area (Å²) in [5.74, 6) is 1.44. The molecule has 3 heterocycles. The summed E-state index contributed by atoms with van der Waals surface area (Å²) in [4.78, 5) is 30.5. The quantitative estimate of drug-likeness (QED) is 0.483. The van der Waals surface area contributed by atoms with Gasteiger partial charge in [0, 0.05) is 37.9 Å². The molecule has 0 saturated carbocycles. The van der Waals surface area contributed by atoms with Gasteiger partial charge in [-0.2, -0.15) is 9.67 Å². The third-order valence-corrected chi connectivity index (χ3v) is 5.37. The van der Waals surface area contributed by atoms with Gasteiger partial charge < -0.3 is 14.2 Å². The van der Waals surface area contributed by atoms with Crippen LogP contribution >= 0.6 is 0 Å². The van der Waals surface area contributed by atoms with Gasteiger partial charge in [0.05, 0.1) is 12.1 Å². The molecule has 0 bridgehead atoms. The highest BCUT2D eigenvalue weighted by molar-refractivity contribution is 5.98. The van der Waals surface area contributed by atoms with Gasteiger partial charge in [-0.15, -0.1) is 5.10 Å². The first kappa shape index (κ1) is 19.9. The first-order chi connectivity index (χ1) is 15.5. The lowest BCUT2D eigenvalue weighted by atomic mass is 10.1. The van der Waals surface area contributed by atoms with E-state index in [-0.39, 0.29) is 17.9 Å². The molecule has 1 saturated heterocycles. The van der Waals surface area contributed by atoms with Gasteiger partial charge in [0.1, 0.15) is 17.4 Å². The molecule has 0 spiro atoms. The van der Waals surface area contributed by atoms with Crippen LogP contribution in [-0.4, -0.2) is 61.0 Å². The summed E-state index contributed by atoms with van der Waals surface area (Å²) < 4.78 is 12.3. The van der Waals surface area contributed by atoms with Crippen LogP contribution in [0.4, 0.5) is 0 Å². The molecule has 0 N–H and O–H groups in total. The van der Waals surface area contributed by atoms with Crippen molar-refractivity contribution in [2.75, 3.05) is 13.1 Å². The van der Waals surface area contributed by atoms with Gasteiger partial charge in [0.25, 0.3) is 5.91 Å². The molecule has 1 aliphatic heterocycles. The topological polar surface area (TPSA) is 116 Å². The zero-order chi connectivity index (χ0) is 22.2. The van der Waals surface area contributed by atoms with Crippen LogP contribution in [0.25, 0.3) is 22.4 Å². The van der Waals surface area contributed by atoms with E-state index in [2.05, 4.69) is 20.5 Å². The Hall–Kier alpha value is -4.08. The molecule has 32 heavy (non-hydrogen) atoms. The Balaban J connectivity index is 1.24. The van der Waals surface area contributed by atoms with E-state index < -0.39 is 0 Å². The Morgan fingerprint density at radius 3 is 2.69 bits per heavy atom. The second-order valence-electron chi connectivity index (χ2n) is 7.66. The van der Waals surface area contributed by atoms with Crippen molar-refractivity contribution < 1.29 is 18.8 Å². The number of hydrogen-bond acceptors (Lipinski definition) is 8. The zero-order valence-electron chi connectivity index (χ0n) is 17.6. The number of aryl methyl sites for hydroxylation is 1. The first-order valence-corrected chi connectivity index (χ1v) is 10.2. The maximum atomic E-state index is 13.0. The summed E-state index contributed by atoms with van der Waals surface area (Å²) in [5, 5.41) is 11.7. The minimum Gasteiger partial charge on any atom is -0.489 e. The van der Waals surface area contributed by atoms with E-state index in [1.54, 1.807) is 30.0 Å². The van der Waals surface area contributed by atoms with Crippen LogP contribution in [0.3, 0.4) is 0 Å². The van der Waals surface area contributed by atoms with E-state index in [0.717, 1.165) is 17.7 Å². The summed E-state index contributed by atoms with van der Waals surface area (Å²) >= 11 is 0. The molecule has 5 rings (SSSR count). The van der Waals surface area contributed by atoms with Gasteiger partial charge in [-0.3, -0.25) is 9.59 Å². The summed E-state index contributed by atoms with van der Waals surface area (Å²) in [6.07, 6.45) is 0.639. The number of hydrogen-bond donors (Lipinski definition) is 0. The lowest BCUT2D eigenvalue weighted by molar-refractivity contribution is 0.0772. The summed E-state index contributed by atoms with van der Waals surface area (Å²) in [7, 11) is 0. The number of benzene rings is 2. The lowest BCUT2D eigenvalue weighted by Gasteiger charge is -2.17. The first-order valence-electron chi connectivity index (χ1n) is 10.2. The molecule has 0 aliphatic carbocycles. The van der Waals surface area contributed by atoms with Crippen LogP contribution in [-0.2, 0) is 0 Å². The predicted octanol–water partition coefficient (Wildman–Crippen LogP) is 2.74. The highest BCUT2D eigenvalue weighted by Crippen LogP contribution is 2.24. The Morgan fingerprint density at radius 1 is 1.16 bits per heavy atom. The number of nitrogens with zero attached hydrogens (tertiary/aromatic N) is 6. The fourth-order valence-electron chi connectivity index (χ4n) is 3.77. The standard InChI is InChI=1S/C22H20N6O4/c1-13-23-21(25-32-13)15-3-6-17(7-4-15)31-18-9-10-27(12-18)22(30)16-5-8-20-19(11-16)24-26-28(20)14(2)29/h3-8,11,18H,9-10,12H2,1-2H3/t18-/m0/s1. The Bertz CT molecular complexity index is 1310. The van der Waals surface area contributed by atoms with Gasteiger partial charge in [0.15, 0.2) is 0 Å². The van der Waals surface area contributed by atoms with Crippen LogP contribution in [0.1, 0.15) is 34.4 Å². The number of carbonyl (C=O) groups is 2. The number of likely N-dealkylation sites (tertiary alicyclic amines) is 1. The largest absolute Gasteiger partial charge is 0.489 e. The van der Waals surface area contributed by atoms with Crippen molar-refractivity contribution in [1.29, 1.82) is 0 Å². The number of rotatable bonds is 4. The van der Waals surface area contributed by atoms with Crippen LogP contribution in [0.2, 0.25) is 0 Å². The van der Waals surface area contributed by atoms with E-state index in [1.807, 2.05) is 24.3 Å². The lowest BCUT2D eigenvalue weighted by Crippen LogP contribution is -2.30. The molecule has 0 unspecified atom stereocenters. The highest BCUT2D eigenvalue weighted by atomic mass is 16.5. The summed E-state index contributed by atoms with van der Waals surface area (Å²) in [6, 6.07) is 12.5. The predicted molar refractivity (Wildman–Crippen MR) is 113 cm³/mol. The molecular formula is C22H20N6O4. The maximum absolute atomic E-state index is 13.0. The fourth-order valence-corrected chi connectivity index (χ4v) is 3.77. The van der Waals surface area contributed by atoms with Crippen LogP contribution in [0.15, 0.2) is 47.0 Å². The number of fused-ring (bicyclic) bond motifs is 1. The van der Waals surface area contributed by atoms with Gasteiger partial charge in [-0.1, -0.05) is 10.4 Å². The van der Waals surface area contributed by atoms with Crippen molar-refractivity contribution in [2.45, 2.75) is 26.4 Å². The van der Waals surface area contributed by atoms with Crippen LogP contribution in [0.5, 0.6) is 5.75 Å². The van der Waals surface area contributed by atoms with Crippen LogP contribution < -0.4 is 4.74 Å². The third-order valence-electron chi connectivity index (χ3n) is 5.37. The number of ether oxygens (including phenoxy) is 1. The average molecular weight is 432 g/mol. The van der Waals surface area contributed by atoms with E-state index in [1.165, 1.54) is 11.6 Å². The smallest absolute Gasteiger partial charge is 0.254 e. The Morgan fingerprint density at radius 2 is 1.97 bits per heavy atom. The van der Waals surface area contributed by atoms with E-state index in [9.17, 15) is 9.59 Å². The van der Waals surface area contributed by atoms with Crippen molar-refractivity contribution in [2.24, 2.45) is 0 Å². The second-order valence-corrected chi connectivity index (χ2v) is 7.66. The molecule has 1 amide bonds. The normalized spacial score (nSPS) is 15.9. The van der Waals surface area contributed by atoms with Gasteiger partial charge >= 0.3 is 0 Å². The van der Waals surface area contributed by atoms with E-state index in [0.29, 0.717) is 41.4 Å². The SMILES string of the molecule is CC(=O)n1nnc2cc(C(=O)N3CC[C@H](Oc4ccc(-c5noc(C)n5)cc4)C3)ccc21. The minimum absolute atomic E-state index is 0.0976. The summed E-state index contributed by atoms with van der Waals surface area (Å²) in [5.41, 5.74) is 2.44.